The highest BCUT2D eigenvalue weighted by atomic mass is 15.1. The lowest BCUT2D eigenvalue weighted by Crippen LogP contribution is -2.29. The third-order valence-corrected chi connectivity index (χ3v) is 4.50. The van der Waals surface area contributed by atoms with Crippen LogP contribution in [0.25, 0.3) is 0 Å². The van der Waals surface area contributed by atoms with Crippen LogP contribution in [0.4, 0.5) is 0 Å². The fourth-order valence-electron chi connectivity index (χ4n) is 3.28. The van der Waals surface area contributed by atoms with Crippen LogP contribution < -0.4 is 5.32 Å². The second kappa shape index (κ2) is 7.68. The molecule has 1 aliphatic rings. The molecule has 1 aromatic heterocycles. The first-order valence-electron chi connectivity index (χ1n) is 8.00. The van der Waals surface area contributed by atoms with E-state index in [0.717, 1.165) is 18.9 Å². The summed E-state index contributed by atoms with van der Waals surface area (Å²) in [5.41, 5.74) is 0. The Labute approximate surface area is 117 Å². The van der Waals surface area contributed by atoms with Gasteiger partial charge in [0.2, 0.25) is 0 Å². The Balaban J connectivity index is 1.81. The number of aryl methyl sites for hydroxylation is 1. The molecular formula is C16H29N3. The number of nitrogens with zero attached hydrogens (tertiary/aromatic N) is 2. The molecule has 0 bridgehead atoms. The molecule has 19 heavy (non-hydrogen) atoms. The fraction of sp³-hybridized carbons (Fsp3) is 0.812. The summed E-state index contributed by atoms with van der Waals surface area (Å²) < 4.78 is 2.31. The minimum atomic E-state index is 0.582. The van der Waals surface area contributed by atoms with Crippen molar-refractivity contribution in [3.8, 4) is 0 Å². The van der Waals surface area contributed by atoms with Gasteiger partial charge >= 0.3 is 0 Å². The summed E-state index contributed by atoms with van der Waals surface area (Å²) >= 11 is 0. The van der Waals surface area contributed by atoms with Crippen LogP contribution in [0, 0.1) is 5.92 Å². The van der Waals surface area contributed by atoms with Crippen molar-refractivity contribution in [2.45, 2.75) is 70.9 Å². The normalized spacial score (nSPS) is 18.0. The smallest absolute Gasteiger partial charge is 0.110 e. The maximum atomic E-state index is 4.53. The van der Waals surface area contributed by atoms with E-state index in [1.807, 2.05) is 6.20 Å². The predicted molar refractivity (Wildman–Crippen MR) is 80.3 cm³/mol. The molecule has 1 aliphatic carbocycles. The van der Waals surface area contributed by atoms with Gasteiger partial charge < -0.3 is 9.88 Å². The van der Waals surface area contributed by atoms with Crippen LogP contribution in [0.3, 0.4) is 0 Å². The van der Waals surface area contributed by atoms with Crippen molar-refractivity contribution in [2.24, 2.45) is 5.92 Å². The summed E-state index contributed by atoms with van der Waals surface area (Å²) in [6.45, 7) is 3.31. The Hall–Kier alpha value is -0.830. The molecule has 0 aromatic carbocycles. The van der Waals surface area contributed by atoms with Gasteiger partial charge in [-0.3, -0.25) is 0 Å². The number of hydrogen-bond acceptors (Lipinski definition) is 2. The average Bonchev–Trinajstić information content (AvgIpc) is 3.07. The molecule has 1 unspecified atom stereocenters. The second-order valence-corrected chi connectivity index (χ2v) is 5.95. The van der Waals surface area contributed by atoms with E-state index in [0.29, 0.717) is 6.04 Å². The Morgan fingerprint density at radius 2 is 2.21 bits per heavy atom. The van der Waals surface area contributed by atoms with Gasteiger partial charge in [0.1, 0.15) is 5.82 Å². The summed E-state index contributed by atoms with van der Waals surface area (Å²) in [7, 11) is 2.09. The number of rotatable bonds is 8. The summed E-state index contributed by atoms with van der Waals surface area (Å²) in [6.07, 6.45) is 14.8. The molecule has 1 heterocycles. The van der Waals surface area contributed by atoms with Gasteiger partial charge in [0.15, 0.2) is 0 Å². The number of imidazole rings is 1. The first kappa shape index (κ1) is 14.6. The van der Waals surface area contributed by atoms with Crippen LogP contribution in [0.5, 0.6) is 0 Å². The van der Waals surface area contributed by atoms with E-state index in [2.05, 4.69) is 35.0 Å². The fourth-order valence-corrected chi connectivity index (χ4v) is 3.28. The first-order valence-corrected chi connectivity index (χ1v) is 8.00. The lowest BCUT2D eigenvalue weighted by Gasteiger charge is -2.18. The lowest BCUT2D eigenvalue weighted by atomic mass is 9.97. The van der Waals surface area contributed by atoms with Crippen molar-refractivity contribution in [3.05, 3.63) is 18.2 Å². The maximum Gasteiger partial charge on any atom is 0.110 e. The molecule has 0 aliphatic heterocycles. The molecule has 0 spiro atoms. The largest absolute Gasteiger partial charge is 0.335 e. The molecule has 1 atom stereocenters. The van der Waals surface area contributed by atoms with Crippen molar-refractivity contribution in [1.82, 2.24) is 14.9 Å². The zero-order valence-electron chi connectivity index (χ0n) is 12.6. The number of hydrogen-bond donors (Lipinski definition) is 1. The average molecular weight is 263 g/mol. The van der Waals surface area contributed by atoms with Crippen molar-refractivity contribution >= 4 is 0 Å². The van der Waals surface area contributed by atoms with Gasteiger partial charge in [0, 0.05) is 31.4 Å². The third-order valence-electron chi connectivity index (χ3n) is 4.50. The molecule has 0 saturated heterocycles. The number of likely N-dealkylation sites (N-methyl/N-ethyl adjacent to an activating group) is 1. The minimum Gasteiger partial charge on any atom is -0.335 e. The molecule has 3 heteroatoms. The van der Waals surface area contributed by atoms with Crippen LogP contribution in [0.15, 0.2) is 12.4 Å². The summed E-state index contributed by atoms with van der Waals surface area (Å²) in [5.74, 6) is 2.24. The van der Waals surface area contributed by atoms with Crippen LogP contribution >= 0.6 is 0 Å². The number of aromatic nitrogens is 2. The van der Waals surface area contributed by atoms with Gasteiger partial charge in [-0.2, -0.15) is 0 Å². The Morgan fingerprint density at radius 1 is 1.42 bits per heavy atom. The summed E-state index contributed by atoms with van der Waals surface area (Å²) in [5, 5.41) is 3.48. The van der Waals surface area contributed by atoms with E-state index in [1.165, 1.54) is 50.8 Å². The molecule has 3 nitrogen and oxygen atoms in total. The van der Waals surface area contributed by atoms with Crippen LogP contribution in [-0.4, -0.2) is 22.6 Å². The third kappa shape index (κ3) is 4.34. The van der Waals surface area contributed by atoms with Crippen LogP contribution in [0.1, 0.15) is 57.7 Å². The van der Waals surface area contributed by atoms with E-state index in [4.69, 9.17) is 0 Å². The molecular weight excluding hydrogens is 234 g/mol. The van der Waals surface area contributed by atoms with Gasteiger partial charge in [-0.15, -0.1) is 0 Å². The molecule has 0 amide bonds. The van der Waals surface area contributed by atoms with E-state index >= 15 is 0 Å². The van der Waals surface area contributed by atoms with Crippen molar-refractivity contribution in [1.29, 1.82) is 0 Å². The van der Waals surface area contributed by atoms with Gasteiger partial charge in [0.05, 0.1) is 0 Å². The highest BCUT2D eigenvalue weighted by Crippen LogP contribution is 2.29. The number of nitrogens with one attached hydrogen (secondary N) is 1. The SMILES string of the molecule is CCCn1ccnc1CC(CCC1CCCC1)NC. The van der Waals surface area contributed by atoms with E-state index < -0.39 is 0 Å². The molecule has 2 rings (SSSR count). The van der Waals surface area contributed by atoms with E-state index in [-0.39, 0.29) is 0 Å². The van der Waals surface area contributed by atoms with E-state index in [1.54, 1.807) is 0 Å². The van der Waals surface area contributed by atoms with Crippen molar-refractivity contribution < 1.29 is 0 Å². The van der Waals surface area contributed by atoms with Gasteiger partial charge in [0.25, 0.3) is 0 Å². The molecule has 108 valence electrons. The Bertz CT molecular complexity index is 353. The Kier molecular flexibility index (Phi) is 5.90. The monoisotopic (exact) mass is 263 g/mol. The van der Waals surface area contributed by atoms with Crippen molar-refractivity contribution in [3.63, 3.8) is 0 Å². The predicted octanol–water partition coefficient (Wildman–Crippen LogP) is 3.39. The van der Waals surface area contributed by atoms with Crippen LogP contribution in [0.2, 0.25) is 0 Å². The van der Waals surface area contributed by atoms with Gasteiger partial charge in [-0.1, -0.05) is 32.6 Å². The first-order chi connectivity index (χ1) is 9.33. The standard InChI is InChI=1S/C16H29N3/c1-3-11-19-12-10-18-16(19)13-15(17-2)9-8-14-6-4-5-7-14/h10,12,14-15,17H,3-9,11,13H2,1-2H3. The molecule has 1 N–H and O–H groups in total. The van der Waals surface area contributed by atoms with Gasteiger partial charge in [-0.25, -0.2) is 4.98 Å². The topological polar surface area (TPSA) is 29.9 Å². The van der Waals surface area contributed by atoms with Crippen LogP contribution in [-0.2, 0) is 13.0 Å². The minimum absolute atomic E-state index is 0.582. The summed E-state index contributed by atoms with van der Waals surface area (Å²) in [6, 6.07) is 0.582. The highest BCUT2D eigenvalue weighted by Gasteiger charge is 2.18. The lowest BCUT2D eigenvalue weighted by molar-refractivity contribution is 0.410. The highest BCUT2D eigenvalue weighted by molar-refractivity contribution is 4.95. The Morgan fingerprint density at radius 3 is 2.89 bits per heavy atom. The zero-order valence-corrected chi connectivity index (χ0v) is 12.6. The molecule has 0 radical (unpaired) electrons. The zero-order chi connectivity index (χ0) is 13.5. The van der Waals surface area contributed by atoms with E-state index in [9.17, 15) is 0 Å². The van der Waals surface area contributed by atoms with Crippen molar-refractivity contribution in [2.75, 3.05) is 7.05 Å². The molecule has 1 fully saturated rings. The quantitative estimate of drug-likeness (QED) is 0.779. The molecule has 1 aromatic rings. The maximum absolute atomic E-state index is 4.53. The van der Waals surface area contributed by atoms with Gasteiger partial charge in [-0.05, 0) is 32.2 Å². The summed E-state index contributed by atoms with van der Waals surface area (Å²) in [4.78, 5) is 4.53. The second-order valence-electron chi connectivity index (χ2n) is 5.95. The molecule has 1 saturated carbocycles.